The first-order valence-electron chi connectivity index (χ1n) is 8.38. The topological polar surface area (TPSA) is 84.8 Å². The zero-order valence-corrected chi connectivity index (χ0v) is 16.5. The summed E-state index contributed by atoms with van der Waals surface area (Å²) in [4.78, 5) is 11.6. The van der Waals surface area contributed by atoms with E-state index in [9.17, 15) is 17.2 Å². The highest BCUT2D eigenvalue weighted by atomic mass is 35.5. The van der Waals surface area contributed by atoms with Gasteiger partial charge in [0.15, 0.2) is 21.5 Å². The van der Waals surface area contributed by atoms with Gasteiger partial charge in [0.2, 0.25) is 5.95 Å². The number of fused-ring (bicyclic) bond motifs is 1. The normalized spacial score (nSPS) is 13.2. The Kier molecular flexibility index (Phi) is 4.79. The van der Waals surface area contributed by atoms with Crippen LogP contribution in [0.25, 0.3) is 5.57 Å². The van der Waals surface area contributed by atoms with Gasteiger partial charge in [-0.25, -0.2) is 32.2 Å². The first-order valence-corrected chi connectivity index (χ1v) is 10.6. The third-order valence-electron chi connectivity index (χ3n) is 4.41. The Hall–Kier alpha value is -2.91. The van der Waals surface area contributed by atoms with Crippen molar-refractivity contribution < 1.29 is 17.2 Å². The summed E-state index contributed by atoms with van der Waals surface area (Å²) in [6.07, 6.45) is 5.65. The highest BCUT2D eigenvalue weighted by Gasteiger charge is 2.23. The van der Waals surface area contributed by atoms with Crippen LogP contribution in [0.1, 0.15) is 16.8 Å². The lowest BCUT2D eigenvalue weighted by Crippen LogP contribution is -2.07. The Morgan fingerprint density at radius 3 is 2.72 bits per heavy atom. The van der Waals surface area contributed by atoms with Crippen molar-refractivity contribution in [2.45, 2.75) is 11.3 Å². The Labute approximate surface area is 170 Å². The minimum absolute atomic E-state index is 0.0168. The van der Waals surface area contributed by atoms with Gasteiger partial charge in [0, 0.05) is 23.6 Å². The molecular weight excluding hydrogens is 422 g/mol. The molecule has 6 nitrogen and oxygen atoms in total. The van der Waals surface area contributed by atoms with Gasteiger partial charge >= 0.3 is 0 Å². The first kappa shape index (κ1) is 19.4. The molecule has 2 aromatic heterocycles. The SMILES string of the molecule is CS(=O)(=O)c1cccc(Nc2ncc(F)c(C3=CCc4c3ccnc4Cl)n2)c1F. The summed E-state index contributed by atoms with van der Waals surface area (Å²) in [5.41, 5.74) is 1.88. The van der Waals surface area contributed by atoms with Gasteiger partial charge in [-0.3, -0.25) is 0 Å². The van der Waals surface area contributed by atoms with Gasteiger partial charge in [-0.1, -0.05) is 23.7 Å². The summed E-state index contributed by atoms with van der Waals surface area (Å²) in [7, 11) is -3.76. The van der Waals surface area contributed by atoms with E-state index in [0.717, 1.165) is 24.1 Å². The van der Waals surface area contributed by atoms with Gasteiger partial charge in [0.25, 0.3) is 0 Å². The summed E-state index contributed by atoms with van der Waals surface area (Å²) in [5, 5.41) is 2.95. The van der Waals surface area contributed by atoms with E-state index < -0.39 is 26.4 Å². The number of benzene rings is 1. The monoisotopic (exact) mass is 434 g/mol. The van der Waals surface area contributed by atoms with Crippen LogP contribution >= 0.6 is 11.6 Å². The highest BCUT2D eigenvalue weighted by molar-refractivity contribution is 7.90. The molecule has 148 valence electrons. The third kappa shape index (κ3) is 3.58. The molecule has 0 radical (unpaired) electrons. The van der Waals surface area contributed by atoms with Crippen molar-refractivity contribution in [3.8, 4) is 0 Å². The van der Waals surface area contributed by atoms with Crippen molar-refractivity contribution in [2.75, 3.05) is 11.6 Å². The molecule has 10 heteroatoms. The molecule has 0 bridgehead atoms. The molecule has 1 aliphatic rings. The summed E-state index contributed by atoms with van der Waals surface area (Å²) < 4.78 is 52.4. The number of anilines is 2. The Morgan fingerprint density at radius 1 is 1.17 bits per heavy atom. The molecule has 29 heavy (non-hydrogen) atoms. The van der Waals surface area contributed by atoms with Crippen LogP contribution < -0.4 is 5.32 Å². The van der Waals surface area contributed by atoms with Gasteiger partial charge in [-0.2, -0.15) is 0 Å². The summed E-state index contributed by atoms with van der Waals surface area (Å²) in [6, 6.07) is 5.59. The number of nitrogens with zero attached hydrogens (tertiary/aromatic N) is 3. The zero-order valence-electron chi connectivity index (χ0n) is 14.9. The molecule has 1 N–H and O–H groups in total. The average Bonchev–Trinajstić information content (AvgIpc) is 3.09. The molecule has 0 saturated heterocycles. The zero-order chi connectivity index (χ0) is 20.8. The number of hydrogen-bond donors (Lipinski definition) is 1. The second-order valence-electron chi connectivity index (χ2n) is 6.35. The van der Waals surface area contributed by atoms with E-state index in [0.29, 0.717) is 22.7 Å². The van der Waals surface area contributed by atoms with Gasteiger partial charge < -0.3 is 5.32 Å². The minimum Gasteiger partial charge on any atom is -0.322 e. The van der Waals surface area contributed by atoms with Gasteiger partial charge in [-0.05, 0) is 30.2 Å². The van der Waals surface area contributed by atoms with Crippen molar-refractivity contribution in [3.05, 3.63) is 76.3 Å². The molecule has 4 rings (SSSR count). The predicted molar refractivity (Wildman–Crippen MR) is 105 cm³/mol. The fourth-order valence-electron chi connectivity index (χ4n) is 3.08. The van der Waals surface area contributed by atoms with Gasteiger partial charge in [0.1, 0.15) is 15.7 Å². The van der Waals surface area contributed by atoms with Crippen LogP contribution in [0.3, 0.4) is 0 Å². The van der Waals surface area contributed by atoms with Crippen LogP contribution in [0.2, 0.25) is 5.15 Å². The quantitative estimate of drug-likeness (QED) is 0.626. The molecule has 0 unspecified atom stereocenters. The molecule has 1 aliphatic carbocycles. The lowest BCUT2D eigenvalue weighted by atomic mass is 10.1. The standard InChI is InChI=1S/C19H13ClF2N4O2S/c1-29(27,28)15-4-2-3-14(16(15)22)25-19-24-9-13(21)17(26-19)11-5-6-12-10(11)7-8-23-18(12)20/h2-5,7-9H,6H2,1H3,(H,24,25,26). The number of nitrogens with one attached hydrogen (secondary N) is 1. The van der Waals surface area contributed by atoms with Crippen molar-refractivity contribution >= 4 is 38.6 Å². The first-order chi connectivity index (χ1) is 13.8. The molecule has 1 aromatic carbocycles. The van der Waals surface area contributed by atoms with E-state index in [1.54, 1.807) is 12.1 Å². The highest BCUT2D eigenvalue weighted by Crippen LogP contribution is 2.36. The van der Waals surface area contributed by atoms with Gasteiger partial charge in [0.05, 0.1) is 11.9 Å². The van der Waals surface area contributed by atoms with Crippen molar-refractivity contribution in [2.24, 2.45) is 0 Å². The molecule has 0 fully saturated rings. The van der Waals surface area contributed by atoms with E-state index in [-0.39, 0.29) is 17.3 Å². The smallest absolute Gasteiger partial charge is 0.228 e. The predicted octanol–water partition coefficient (Wildman–Crippen LogP) is 3.94. The van der Waals surface area contributed by atoms with Gasteiger partial charge in [-0.15, -0.1) is 0 Å². The molecule has 0 aliphatic heterocycles. The van der Waals surface area contributed by atoms with E-state index >= 15 is 0 Å². The van der Waals surface area contributed by atoms with Crippen LogP contribution in [0.15, 0.2) is 47.6 Å². The Morgan fingerprint density at radius 2 is 1.97 bits per heavy atom. The number of pyridine rings is 1. The number of rotatable bonds is 4. The lowest BCUT2D eigenvalue weighted by molar-refractivity contribution is 0.573. The number of aromatic nitrogens is 3. The molecule has 0 amide bonds. The molecule has 0 atom stereocenters. The maximum absolute atomic E-state index is 14.6. The van der Waals surface area contributed by atoms with Crippen molar-refractivity contribution in [1.82, 2.24) is 15.0 Å². The van der Waals surface area contributed by atoms with Crippen LogP contribution in [-0.4, -0.2) is 29.6 Å². The van der Waals surface area contributed by atoms with Crippen LogP contribution in [0, 0.1) is 11.6 Å². The van der Waals surface area contributed by atoms with E-state index in [1.165, 1.54) is 18.3 Å². The number of sulfone groups is 1. The third-order valence-corrected chi connectivity index (χ3v) is 5.85. The summed E-state index contributed by atoms with van der Waals surface area (Å²) >= 11 is 6.10. The second-order valence-corrected chi connectivity index (χ2v) is 8.70. The largest absolute Gasteiger partial charge is 0.322 e. The van der Waals surface area contributed by atoms with Crippen LogP contribution in [-0.2, 0) is 16.3 Å². The van der Waals surface area contributed by atoms with Crippen LogP contribution in [0.5, 0.6) is 0 Å². The number of halogens is 3. The average molecular weight is 435 g/mol. The molecule has 0 saturated carbocycles. The molecule has 2 heterocycles. The minimum atomic E-state index is -3.76. The molecule has 3 aromatic rings. The lowest BCUT2D eigenvalue weighted by Gasteiger charge is -2.11. The maximum atomic E-state index is 14.6. The number of allylic oxidation sites excluding steroid dienone is 1. The Balaban J connectivity index is 1.73. The summed E-state index contributed by atoms with van der Waals surface area (Å²) in [6.45, 7) is 0. The second kappa shape index (κ2) is 7.16. The van der Waals surface area contributed by atoms with E-state index in [1.807, 2.05) is 0 Å². The van der Waals surface area contributed by atoms with E-state index in [2.05, 4.69) is 20.3 Å². The number of hydrogen-bond acceptors (Lipinski definition) is 6. The van der Waals surface area contributed by atoms with Crippen molar-refractivity contribution in [3.63, 3.8) is 0 Å². The maximum Gasteiger partial charge on any atom is 0.228 e. The van der Waals surface area contributed by atoms with Crippen LogP contribution in [0.4, 0.5) is 20.4 Å². The van der Waals surface area contributed by atoms with Crippen molar-refractivity contribution in [1.29, 1.82) is 0 Å². The molecule has 0 spiro atoms. The molecular formula is C19H13ClF2N4O2S. The fraction of sp³-hybridized carbons (Fsp3) is 0.105. The Bertz CT molecular complexity index is 1280. The van der Waals surface area contributed by atoms with E-state index in [4.69, 9.17) is 11.6 Å². The summed E-state index contributed by atoms with van der Waals surface area (Å²) in [5.74, 6) is -1.71. The fourth-order valence-corrected chi connectivity index (χ4v) is 4.08.